The van der Waals surface area contributed by atoms with Crippen LogP contribution in [0.2, 0.25) is 0 Å². The summed E-state index contributed by atoms with van der Waals surface area (Å²) in [6.45, 7) is 3.07. The van der Waals surface area contributed by atoms with Gasteiger partial charge >= 0.3 is 0 Å². The Balaban J connectivity index is 1.35. The molecule has 0 spiro atoms. The van der Waals surface area contributed by atoms with E-state index in [1.165, 1.54) is 18.5 Å². The molecule has 4 rings (SSSR count). The highest BCUT2D eigenvalue weighted by atomic mass is 16.3. The summed E-state index contributed by atoms with van der Waals surface area (Å²) >= 11 is 0. The zero-order valence-electron chi connectivity index (χ0n) is 16.1. The van der Waals surface area contributed by atoms with Crippen LogP contribution < -0.4 is 10.2 Å². The van der Waals surface area contributed by atoms with Crippen molar-refractivity contribution >= 4 is 11.6 Å². The summed E-state index contributed by atoms with van der Waals surface area (Å²) in [5.41, 5.74) is 1.22. The molecule has 2 N–H and O–H groups in total. The third-order valence-electron chi connectivity index (χ3n) is 5.22. The predicted octanol–water partition coefficient (Wildman–Crippen LogP) is 1.16. The minimum atomic E-state index is -0.304. The van der Waals surface area contributed by atoms with E-state index in [1.807, 2.05) is 10.7 Å². The van der Waals surface area contributed by atoms with Crippen LogP contribution in [-0.2, 0) is 6.54 Å². The number of β-amino-alcohol motifs (C(OH)–C–C–N with tert-alkyl or cyclic N) is 1. The van der Waals surface area contributed by atoms with E-state index in [-0.39, 0.29) is 12.1 Å². The first-order valence-corrected chi connectivity index (χ1v) is 9.77. The van der Waals surface area contributed by atoms with Crippen molar-refractivity contribution in [2.24, 2.45) is 0 Å². The molecule has 8 heteroatoms. The summed E-state index contributed by atoms with van der Waals surface area (Å²) in [5.74, 6) is 2.36. The highest BCUT2D eigenvalue weighted by Gasteiger charge is 2.32. The molecule has 2 aliphatic rings. The van der Waals surface area contributed by atoms with Crippen molar-refractivity contribution in [1.82, 2.24) is 24.6 Å². The highest BCUT2D eigenvalue weighted by molar-refractivity contribution is 5.50. The lowest BCUT2D eigenvalue weighted by atomic mass is 10.2. The molecule has 1 saturated carbocycles. The summed E-state index contributed by atoms with van der Waals surface area (Å²) < 4.78 is 1.99. The fourth-order valence-corrected chi connectivity index (χ4v) is 3.77. The zero-order chi connectivity index (χ0) is 18.8. The number of anilines is 2. The second kappa shape index (κ2) is 7.82. The SMILES string of the molecule is CN(C)C[C@H]1C[C@@H](O)CN1c1cc(NCCn2ccc(C3CC3)n2)ncn1. The van der Waals surface area contributed by atoms with Crippen molar-refractivity contribution in [3.8, 4) is 0 Å². The fraction of sp³-hybridized carbons (Fsp3) is 0.632. The maximum Gasteiger partial charge on any atom is 0.134 e. The first-order chi connectivity index (χ1) is 13.1. The van der Waals surface area contributed by atoms with E-state index in [9.17, 15) is 5.11 Å². The van der Waals surface area contributed by atoms with Gasteiger partial charge in [-0.1, -0.05) is 0 Å². The van der Waals surface area contributed by atoms with E-state index in [0.29, 0.717) is 12.5 Å². The van der Waals surface area contributed by atoms with Gasteiger partial charge in [-0.25, -0.2) is 9.97 Å². The van der Waals surface area contributed by atoms with Crippen LogP contribution in [0.4, 0.5) is 11.6 Å². The van der Waals surface area contributed by atoms with Crippen LogP contribution in [0.3, 0.4) is 0 Å². The van der Waals surface area contributed by atoms with Gasteiger partial charge in [0.2, 0.25) is 0 Å². The maximum absolute atomic E-state index is 10.1. The smallest absolute Gasteiger partial charge is 0.134 e. The van der Waals surface area contributed by atoms with Gasteiger partial charge in [-0.05, 0) is 39.4 Å². The molecule has 3 heterocycles. The van der Waals surface area contributed by atoms with Gasteiger partial charge < -0.3 is 20.2 Å². The van der Waals surface area contributed by atoms with Crippen molar-refractivity contribution in [2.45, 2.75) is 43.9 Å². The van der Waals surface area contributed by atoms with E-state index in [0.717, 1.165) is 37.7 Å². The number of hydrogen-bond acceptors (Lipinski definition) is 7. The van der Waals surface area contributed by atoms with Gasteiger partial charge in [0.15, 0.2) is 0 Å². The minimum Gasteiger partial charge on any atom is -0.391 e. The van der Waals surface area contributed by atoms with Gasteiger partial charge in [0.05, 0.1) is 18.3 Å². The Morgan fingerprint density at radius 1 is 1.30 bits per heavy atom. The van der Waals surface area contributed by atoms with Crippen molar-refractivity contribution in [3.63, 3.8) is 0 Å². The summed E-state index contributed by atoms with van der Waals surface area (Å²) in [6, 6.07) is 4.37. The molecule has 1 aliphatic carbocycles. The number of aliphatic hydroxyl groups excluding tert-OH is 1. The van der Waals surface area contributed by atoms with Crippen LogP contribution >= 0.6 is 0 Å². The Morgan fingerprint density at radius 2 is 2.15 bits per heavy atom. The van der Waals surface area contributed by atoms with Gasteiger partial charge in [0, 0.05) is 43.9 Å². The monoisotopic (exact) mass is 371 g/mol. The molecule has 2 fully saturated rings. The number of hydrogen-bond donors (Lipinski definition) is 2. The molecular weight excluding hydrogens is 342 g/mol. The third-order valence-corrected chi connectivity index (χ3v) is 5.22. The van der Waals surface area contributed by atoms with Crippen LogP contribution in [0.25, 0.3) is 0 Å². The average molecular weight is 371 g/mol. The largest absolute Gasteiger partial charge is 0.391 e. The summed E-state index contributed by atoms with van der Waals surface area (Å²) in [6.07, 6.45) is 6.67. The van der Waals surface area contributed by atoms with Crippen LogP contribution in [0.5, 0.6) is 0 Å². The fourth-order valence-electron chi connectivity index (χ4n) is 3.77. The summed E-state index contributed by atoms with van der Waals surface area (Å²) in [4.78, 5) is 13.1. The van der Waals surface area contributed by atoms with Gasteiger partial charge in [0.1, 0.15) is 18.0 Å². The second-order valence-electron chi connectivity index (χ2n) is 7.92. The molecule has 0 aromatic carbocycles. The van der Waals surface area contributed by atoms with Gasteiger partial charge in [-0.3, -0.25) is 4.68 Å². The van der Waals surface area contributed by atoms with Gasteiger partial charge in [-0.2, -0.15) is 5.10 Å². The quantitative estimate of drug-likeness (QED) is 0.721. The van der Waals surface area contributed by atoms with Crippen LogP contribution in [-0.4, -0.2) is 75.6 Å². The molecule has 1 saturated heterocycles. The van der Waals surface area contributed by atoms with Crippen LogP contribution in [0.1, 0.15) is 30.9 Å². The molecule has 0 amide bonds. The Morgan fingerprint density at radius 3 is 2.93 bits per heavy atom. The van der Waals surface area contributed by atoms with E-state index >= 15 is 0 Å². The average Bonchev–Trinajstić information content (AvgIpc) is 3.27. The first-order valence-electron chi connectivity index (χ1n) is 9.77. The molecule has 0 bridgehead atoms. The Kier molecular flexibility index (Phi) is 5.27. The van der Waals surface area contributed by atoms with E-state index in [2.05, 4.69) is 56.5 Å². The lowest BCUT2D eigenvalue weighted by molar-refractivity contribution is 0.191. The molecule has 0 radical (unpaired) electrons. The standard InChI is InChI=1S/C19H29N7O/c1-24(2)11-15-9-16(27)12-26(15)19-10-18(21-13-22-19)20-6-8-25-7-5-17(23-25)14-3-4-14/h5,7,10,13-16,27H,3-4,6,8-9,11-12H2,1-2H3,(H,20,21,22)/t15-,16-/m1/s1. The molecular formula is C19H29N7O. The maximum atomic E-state index is 10.1. The van der Waals surface area contributed by atoms with Crippen molar-refractivity contribution in [3.05, 3.63) is 30.4 Å². The third kappa shape index (κ3) is 4.56. The van der Waals surface area contributed by atoms with E-state index in [4.69, 9.17) is 0 Å². The van der Waals surface area contributed by atoms with Crippen LogP contribution in [0, 0.1) is 0 Å². The lowest BCUT2D eigenvalue weighted by Crippen LogP contribution is -2.38. The zero-order valence-corrected chi connectivity index (χ0v) is 16.1. The molecule has 2 aromatic rings. The number of aliphatic hydroxyl groups is 1. The molecule has 146 valence electrons. The van der Waals surface area contributed by atoms with Gasteiger partial charge in [0.25, 0.3) is 0 Å². The number of rotatable bonds is 8. The van der Waals surface area contributed by atoms with E-state index in [1.54, 1.807) is 6.33 Å². The highest BCUT2D eigenvalue weighted by Crippen LogP contribution is 2.38. The number of likely N-dealkylation sites (N-methyl/N-ethyl adjacent to an activating group) is 1. The minimum absolute atomic E-state index is 0.266. The summed E-state index contributed by atoms with van der Waals surface area (Å²) in [7, 11) is 4.11. The lowest BCUT2D eigenvalue weighted by Gasteiger charge is -2.27. The number of aromatic nitrogens is 4. The summed E-state index contributed by atoms with van der Waals surface area (Å²) in [5, 5.41) is 18.1. The topological polar surface area (TPSA) is 82.3 Å². The molecule has 8 nitrogen and oxygen atoms in total. The van der Waals surface area contributed by atoms with Crippen molar-refractivity contribution in [2.75, 3.05) is 43.9 Å². The first kappa shape index (κ1) is 18.2. The van der Waals surface area contributed by atoms with Gasteiger partial charge in [-0.15, -0.1) is 0 Å². The van der Waals surface area contributed by atoms with Crippen LogP contribution in [0.15, 0.2) is 24.7 Å². The molecule has 0 unspecified atom stereocenters. The van der Waals surface area contributed by atoms with E-state index < -0.39 is 0 Å². The number of nitrogens with one attached hydrogen (secondary N) is 1. The normalized spacial score (nSPS) is 22.6. The van der Waals surface area contributed by atoms with Crippen molar-refractivity contribution < 1.29 is 5.11 Å². The second-order valence-corrected chi connectivity index (χ2v) is 7.92. The Bertz CT molecular complexity index is 758. The Hall–Kier alpha value is -2.19. The van der Waals surface area contributed by atoms with Crippen molar-refractivity contribution in [1.29, 1.82) is 0 Å². The molecule has 2 atom stereocenters. The molecule has 2 aromatic heterocycles. The molecule has 1 aliphatic heterocycles. The Labute approximate surface area is 160 Å². The molecule has 27 heavy (non-hydrogen) atoms. The predicted molar refractivity (Wildman–Crippen MR) is 105 cm³/mol. The number of nitrogens with zero attached hydrogens (tertiary/aromatic N) is 6.